The fourth-order valence-electron chi connectivity index (χ4n) is 1.86. The normalized spacial score (nSPS) is 10.0. The van der Waals surface area contributed by atoms with E-state index < -0.39 is 0 Å². The van der Waals surface area contributed by atoms with E-state index in [2.05, 4.69) is 15.3 Å². The molecule has 0 saturated carbocycles. The smallest absolute Gasteiger partial charge is 0.229 e. The highest BCUT2D eigenvalue weighted by Crippen LogP contribution is 2.26. The van der Waals surface area contributed by atoms with Crippen LogP contribution in [-0.4, -0.2) is 15.1 Å². The molecule has 0 fully saturated rings. The number of phenolic OH excluding ortho intramolecular Hbond substituents is 1. The number of para-hydroxylation sites is 3. The Balaban J connectivity index is 0.00000147. The number of nitrogens with two attached hydrogens (primary N) is 1. The van der Waals surface area contributed by atoms with Crippen LogP contribution in [0.5, 0.6) is 5.75 Å². The Bertz CT molecular complexity index is 748. The first-order valence-corrected chi connectivity index (χ1v) is 5.81. The van der Waals surface area contributed by atoms with E-state index in [-0.39, 0.29) is 18.2 Å². The van der Waals surface area contributed by atoms with Crippen LogP contribution in [0.25, 0.3) is 10.9 Å². The summed E-state index contributed by atoms with van der Waals surface area (Å²) in [6.45, 7) is 0. The van der Waals surface area contributed by atoms with E-state index in [9.17, 15) is 5.11 Å². The summed E-state index contributed by atoms with van der Waals surface area (Å²) in [5.74, 6) is 0.902. The quantitative estimate of drug-likeness (QED) is 0.631. The molecule has 3 aromatic rings. The predicted molar refractivity (Wildman–Crippen MR) is 82.6 cm³/mol. The third-order valence-electron chi connectivity index (χ3n) is 2.78. The molecule has 1 aromatic heterocycles. The van der Waals surface area contributed by atoms with Gasteiger partial charge >= 0.3 is 0 Å². The maximum Gasteiger partial charge on any atom is 0.229 e. The Kier molecular flexibility index (Phi) is 3.91. The lowest BCUT2D eigenvalue weighted by Crippen LogP contribution is -2.01. The highest BCUT2D eigenvalue weighted by Gasteiger charge is 2.06. The van der Waals surface area contributed by atoms with Crippen molar-refractivity contribution >= 4 is 40.8 Å². The van der Waals surface area contributed by atoms with Gasteiger partial charge in [-0.15, -0.1) is 12.4 Å². The summed E-state index contributed by atoms with van der Waals surface area (Å²) in [5.41, 5.74) is 7.19. The molecule has 0 saturated heterocycles. The molecule has 6 heteroatoms. The SMILES string of the molecule is Cl.Nc1nc(Nc2ccccc2O)nc2ccccc12. The summed E-state index contributed by atoms with van der Waals surface area (Å²) >= 11 is 0. The average Bonchev–Trinajstić information content (AvgIpc) is 2.42. The van der Waals surface area contributed by atoms with Gasteiger partial charge in [0.05, 0.1) is 11.2 Å². The molecule has 0 aliphatic heterocycles. The minimum Gasteiger partial charge on any atom is -0.506 e. The van der Waals surface area contributed by atoms with Crippen molar-refractivity contribution in [3.63, 3.8) is 0 Å². The molecule has 0 bridgehead atoms. The van der Waals surface area contributed by atoms with Crippen molar-refractivity contribution in [3.05, 3.63) is 48.5 Å². The molecule has 4 N–H and O–H groups in total. The monoisotopic (exact) mass is 288 g/mol. The molecule has 102 valence electrons. The Labute approximate surface area is 121 Å². The van der Waals surface area contributed by atoms with Crippen LogP contribution in [0, 0.1) is 0 Å². The molecule has 3 rings (SSSR count). The number of hydrogen-bond acceptors (Lipinski definition) is 5. The lowest BCUT2D eigenvalue weighted by Gasteiger charge is -2.08. The summed E-state index contributed by atoms with van der Waals surface area (Å²) in [6.07, 6.45) is 0. The van der Waals surface area contributed by atoms with Crippen molar-refractivity contribution in [3.8, 4) is 5.75 Å². The first-order valence-electron chi connectivity index (χ1n) is 5.81. The Hall–Kier alpha value is -2.53. The van der Waals surface area contributed by atoms with Crippen molar-refractivity contribution in [2.24, 2.45) is 0 Å². The third-order valence-corrected chi connectivity index (χ3v) is 2.78. The fraction of sp³-hybridized carbons (Fsp3) is 0. The zero-order valence-electron chi connectivity index (χ0n) is 10.4. The highest BCUT2D eigenvalue weighted by molar-refractivity contribution is 5.89. The summed E-state index contributed by atoms with van der Waals surface area (Å²) < 4.78 is 0. The van der Waals surface area contributed by atoms with Crippen molar-refractivity contribution in [2.45, 2.75) is 0 Å². The topological polar surface area (TPSA) is 84.1 Å². The van der Waals surface area contributed by atoms with E-state index in [0.717, 1.165) is 10.9 Å². The largest absolute Gasteiger partial charge is 0.506 e. The second-order valence-electron chi connectivity index (χ2n) is 4.09. The van der Waals surface area contributed by atoms with Gasteiger partial charge in [-0.2, -0.15) is 4.98 Å². The number of anilines is 3. The number of fused-ring (bicyclic) bond motifs is 1. The number of phenols is 1. The van der Waals surface area contributed by atoms with E-state index in [4.69, 9.17) is 5.73 Å². The number of aromatic nitrogens is 2. The number of halogens is 1. The number of rotatable bonds is 2. The van der Waals surface area contributed by atoms with Crippen molar-refractivity contribution in [1.82, 2.24) is 9.97 Å². The van der Waals surface area contributed by atoms with Crippen LogP contribution in [0.2, 0.25) is 0 Å². The summed E-state index contributed by atoms with van der Waals surface area (Å²) in [7, 11) is 0. The van der Waals surface area contributed by atoms with Gasteiger partial charge in [-0.25, -0.2) is 4.98 Å². The lowest BCUT2D eigenvalue weighted by molar-refractivity contribution is 0.477. The standard InChI is InChI=1S/C14H12N4O.ClH/c15-13-9-5-1-2-6-10(9)16-14(18-13)17-11-7-3-4-8-12(11)19;/h1-8,19H,(H3,15,16,17,18);1H. The van der Waals surface area contributed by atoms with E-state index >= 15 is 0 Å². The van der Waals surface area contributed by atoms with Crippen LogP contribution in [0.4, 0.5) is 17.5 Å². The zero-order chi connectivity index (χ0) is 13.2. The van der Waals surface area contributed by atoms with E-state index in [1.54, 1.807) is 18.2 Å². The van der Waals surface area contributed by atoms with Crippen LogP contribution < -0.4 is 11.1 Å². The van der Waals surface area contributed by atoms with Crippen LogP contribution in [0.1, 0.15) is 0 Å². The number of benzene rings is 2. The van der Waals surface area contributed by atoms with E-state index in [1.165, 1.54) is 0 Å². The second kappa shape index (κ2) is 5.63. The fourth-order valence-corrected chi connectivity index (χ4v) is 1.86. The lowest BCUT2D eigenvalue weighted by atomic mass is 10.2. The summed E-state index contributed by atoms with van der Waals surface area (Å²) in [5, 5.41) is 13.5. The Morgan fingerprint density at radius 3 is 2.45 bits per heavy atom. The van der Waals surface area contributed by atoms with Gasteiger partial charge in [-0.1, -0.05) is 24.3 Å². The maximum atomic E-state index is 9.71. The molecule has 0 aliphatic rings. The average molecular weight is 289 g/mol. The highest BCUT2D eigenvalue weighted by atomic mass is 35.5. The maximum absolute atomic E-state index is 9.71. The van der Waals surface area contributed by atoms with Crippen molar-refractivity contribution < 1.29 is 5.11 Å². The molecule has 5 nitrogen and oxygen atoms in total. The van der Waals surface area contributed by atoms with Gasteiger partial charge in [-0.05, 0) is 24.3 Å². The zero-order valence-corrected chi connectivity index (χ0v) is 11.3. The molecular formula is C14H13ClN4O. The van der Waals surface area contributed by atoms with Crippen LogP contribution in [-0.2, 0) is 0 Å². The summed E-state index contributed by atoms with van der Waals surface area (Å²) in [6, 6.07) is 14.4. The number of nitrogen functional groups attached to an aromatic ring is 1. The van der Waals surface area contributed by atoms with Gasteiger partial charge in [0, 0.05) is 5.39 Å². The number of nitrogens with one attached hydrogen (secondary N) is 1. The van der Waals surface area contributed by atoms with Gasteiger partial charge in [0.15, 0.2) is 0 Å². The van der Waals surface area contributed by atoms with Gasteiger partial charge in [-0.3, -0.25) is 0 Å². The van der Waals surface area contributed by atoms with E-state index in [1.807, 2.05) is 30.3 Å². The number of aromatic hydroxyl groups is 1. The molecule has 2 aromatic carbocycles. The molecule has 20 heavy (non-hydrogen) atoms. The second-order valence-corrected chi connectivity index (χ2v) is 4.09. The number of hydrogen-bond donors (Lipinski definition) is 3. The van der Waals surface area contributed by atoms with Crippen LogP contribution in [0.3, 0.4) is 0 Å². The van der Waals surface area contributed by atoms with E-state index in [0.29, 0.717) is 17.5 Å². The molecule has 0 amide bonds. The molecule has 1 heterocycles. The minimum atomic E-state index is 0. The Morgan fingerprint density at radius 2 is 1.65 bits per heavy atom. The van der Waals surface area contributed by atoms with Crippen molar-refractivity contribution in [2.75, 3.05) is 11.1 Å². The van der Waals surface area contributed by atoms with Gasteiger partial charge in [0.1, 0.15) is 11.6 Å². The molecule has 0 spiro atoms. The minimum absolute atomic E-state index is 0. The molecule has 0 aliphatic carbocycles. The predicted octanol–water partition coefficient (Wildman–Crippen LogP) is 3.08. The molecular weight excluding hydrogens is 276 g/mol. The summed E-state index contributed by atoms with van der Waals surface area (Å²) in [4.78, 5) is 8.54. The Morgan fingerprint density at radius 1 is 0.950 bits per heavy atom. The molecule has 0 radical (unpaired) electrons. The number of nitrogens with zero attached hydrogens (tertiary/aromatic N) is 2. The van der Waals surface area contributed by atoms with Gasteiger partial charge < -0.3 is 16.2 Å². The van der Waals surface area contributed by atoms with Crippen LogP contribution in [0.15, 0.2) is 48.5 Å². The first-order chi connectivity index (χ1) is 9.24. The third kappa shape index (κ3) is 2.57. The van der Waals surface area contributed by atoms with Crippen molar-refractivity contribution in [1.29, 1.82) is 0 Å². The van der Waals surface area contributed by atoms with Gasteiger partial charge in [0.2, 0.25) is 5.95 Å². The first kappa shape index (κ1) is 13.9. The molecule has 0 unspecified atom stereocenters. The molecule has 0 atom stereocenters. The van der Waals surface area contributed by atoms with Crippen LogP contribution >= 0.6 is 12.4 Å². The van der Waals surface area contributed by atoms with Gasteiger partial charge in [0.25, 0.3) is 0 Å².